The van der Waals surface area contributed by atoms with Crippen LogP contribution in [0.2, 0.25) is 0 Å². The van der Waals surface area contributed by atoms with Crippen molar-refractivity contribution in [3.05, 3.63) is 0 Å². The fourth-order valence-electron chi connectivity index (χ4n) is 3.11. The van der Waals surface area contributed by atoms with Crippen molar-refractivity contribution in [2.24, 2.45) is 0 Å². The minimum atomic E-state index is -0.0602. The van der Waals surface area contributed by atoms with Crippen LogP contribution in [0.25, 0.3) is 0 Å². The fourth-order valence-corrected chi connectivity index (χ4v) is 3.22. The van der Waals surface area contributed by atoms with Crippen LogP contribution in [0.1, 0.15) is 110 Å². The van der Waals surface area contributed by atoms with E-state index in [4.69, 9.17) is 0 Å². The fraction of sp³-hybridized carbons (Fsp3) is 0.952. The molecule has 0 aromatic carbocycles. The van der Waals surface area contributed by atoms with Crippen LogP contribution in [-0.2, 0) is 0 Å². The van der Waals surface area contributed by atoms with Crippen LogP contribution in [-0.4, -0.2) is 24.9 Å². The van der Waals surface area contributed by atoms with E-state index in [1.807, 2.05) is 0 Å². The molecule has 0 rings (SSSR count). The van der Waals surface area contributed by atoms with Crippen LogP contribution in [0.3, 0.4) is 0 Å². The van der Waals surface area contributed by atoms with Crippen molar-refractivity contribution in [3.63, 3.8) is 0 Å². The third-order valence-electron chi connectivity index (χ3n) is 4.71. The van der Waals surface area contributed by atoms with Gasteiger partial charge in [0.25, 0.3) is 0 Å². The first-order chi connectivity index (χ1) is 12.3. The lowest BCUT2D eigenvalue weighted by atomic mass is 10.0. The molecular weight excluding hydrogens is 328 g/mol. The number of carbonyl (C=O) groups excluding carboxylic acids is 1. The lowest BCUT2D eigenvalue weighted by molar-refractivity contribution is 0.241. The molecule has 0 aromatic rings. The molecule has 0 aliphatic rings. The quantitative estimate of drug-likeness (QED) is 0.176. The van der Waals surface area contributed by atoms with Crippen LogP contribution in [0.4, 0.5) is 4.79 Å². The SMILES string of the molecule is CCCCCCCCCCCCCCCCCCNC(=O)NCCS. The molecule has 2 amide bonds. The van der Waals surface area contributed by atoms with E-state index in [9.17, 15) is 4.79 Å². The summed E-state index contributed by atoms with van der Waals surface area (Å²) in [6.07, 6.45) is 22.0. The van der Waals surface area contributed by atoms with E-state index in [2.05, 4.69) is 30.2 Å². The molecule has 25 heavy (non-hydrogen) atoms. The second kappa shape index (κ2) is 21.7. The normalized spacial score (nSPS) is 10.8. The van der Waals surface area contributed by atoms with Gasteiger partial charge < -0.3 is 10.6 Å². The van der Waals surface area contributed by atoms with E-state index in [1.54, 1.807) is 0 Å². The van der Waals surface area contributed by atoms with Crippen LogP contribution in [0.15, 0.2) is 0 Å². The van der Waals surface area contributed by atoms with E-state index < -0.39 is 0 Å². The molecule has 0 bridgehead atoms. The molecule has 0 saturated heterocycles. The Morgan fingerprint density at radius 2 is 0.960 bits per heavy atom. The number of unbranched alkanes of at least 4 members (excludes halogenated alkanes) is 15. The van der Waals surface area contributed by atoms with Gasteiger partial charge in [-0.3, -0.25) is 0 Å². The van der Waals surface area contributed by atoms with Gasteiger partial charge in [-0.15, -0.1) is 0 Å². The summed E-state index contributed by atoms with van der Waals surface area (Å²) in [7, 11) is 0. The first-order valence-corrected chi connectivity index (χ1v) is 11.6. The maximum Gasteiger partial charge on any atom is 0.314 e. The second-order valence-electron chi connectivity index (χ2n) is 7.21. The van der Waals surface area contributed by atoms with Gasteiger partial charge in [0.2, 0.25) is 0 Å². The topological polar surface area (TPSA) is 41.1 Å². The third kappa shape index (κ3) is 21.6. The summed E-state index contributed by atoms with van der Waals surface area (Å²) < 4.78 is 0. The lowest BCUT2D eigenvalue weighted by Gasteiger charge is -2.06. The van der Waals surface area contributed by atoms with Gasteiger partial charge in [0.1, 0.15) is 0 Å². The highest BCUT2D eigenvalue weighted by Crippen LogP contribution is 2.13. The smallest absolute Gasteiger partial charge is 0.314 e. The Kier molecular flexibility index (Phi) is 21.3. The molecule has 0 aliphatic heterocycles. The molecule has 0 saturated carbocycles. The molecule has 0 unspecified atom stereocenters. The number of thiol groups is 1. The number of hydrogen-bond acceptors (Lipinski definition) is 2. The van der Waals surface area contributed by atoms with Gasteiger partial charge in [-0.1, -0.05) is 103 Å². The molecular formula is C21H44N2OS. The van der Waals surface area contributed by atoms with E-state index in [0.29, 0.717) is 12.3 Å². The van der Waals surface area contributed by atoms with Crippen molar-refractivity contribution < 1.29 is 4.79 Å². The lowest BCUT2D eigenvalue weighted by Crippen LogP contribution is -2.36. The van der Waals surface area contributed by atoms with E-state index >= 15 is 0 Å². The first-order valence-electron chi connectivity index (χ1n) is 10.9. The number of carbonyl (C=O) groups is 1. The molecule has 3 nitrogen and oxygen atoms in total. The summed E-state index contributed by atoms with van der Waals surface area (Å²) in [5.74, 6) is 0.687. The maximum absolute atomic E-state index is 11.3. The molecule has 2 N–H and O–H groups in total. The number of amides is 2. The minimum absolute atomic E-state index is 0.0602. The molecule has 0 spiro atoms. The predicted octanol–water partition coefficient (Wildman–Crippen LogP) is 6.48. The highest BCUT2D eigenvalue weighted by molar-refractivity contribution is 7.80. The molecule has 0 fully saturated rings. The summed E-state index contributed by atoms with van der Waals surface area (Å²) in [5.41, 5.74) is 0. The average molecular weight is 373 g/mol. The zero-order valence-electron chi connectivity index (χ0n) is 16.8. The molecule has 0 aromatic heterocycles. The molecule has 0 heterocycles. The zero-order valence-corrected chi connectivity index (χ0v) is 17.7. The third-order valence-corrected chi connectivity index (χ3v) is 4.94. The van der Waals surface area contributed by atoms with Gasteiger partial charge in [0.15, 0.2) is 0 Å². The van der Waals surface area contributed by atoms with E-state index in [-0.39, 0.29) is 6.03 Å². The molecule has 0 radical (unpaired) electrons. The molecule has 0 atom stereocenters. The van der Waals surface area contributed by atoms with Crippen molar-refractivity contribution in [1.82, 2.24) is 10.6 Å². The van der Waals surface area contributed by atoms with Crippen LogP contribution >= 0.6 is 12.6 Å². The Balaban J connectivity index is 3.04. The Hall–Kier alpha value is -0.380. The standard InChI is InChI=1S/C21H44N2OS/c1-2-3-4-5-6-7-8-9-10-11-12-13-14-15-16-17-18-22-21(24)23-19-20-25/h25H,2-20H2,1H3,(H2,22,23,24). The summed E-state index contributed by atoms with van der Waals surface area (Å²) in [4.78, 5) is 11.3. The number of urea groups is 1. The highest BCUT2D eigenvalue weighted by Gasteiger charge is 1.97. The van der Waals surface area contributed by atoms with E-state index in [0.717, 1.165) is 13.0 Å². The largest absolute Gasteiger partial charge is 0.338 e. The van der Waals surface area contributed by atoms with Gasteiger partial charge >= 0.3 is 6.03 Å². The van der Waals surface area contributed by atoms with Crippen LogP contribution in [0.5, 0.6) is 0 Å². The second-order valence-corrected chi connectivity index (χ2v) is 7.66. The van der Waals surface area contributed by atoms with Crippen molar-refractivity contribution in [1.29, 1.82) is 0 Å². The van der Waals surface area contributed by atoms with Crippen LogP contribution < -0.4 is 10.6 Å². The molecule has 4 heteroatoms. The van der Waals surface area contributed by atoms with Crippen molar-refractivity contribution in [3.8, 4) is 0 Å². The highest BCUT2D eigenvalue weighted by atomic mass is 32.1. The summed E-state index contributed by atoms with van der Waals surface area (Å²) in [5, 5.41) is 5.64. The average Bonchev–Trinajstić information content (AvgIpc) is 2.62. The predicted molar refractivity (Wildman–Crippen MR) is 115 cm³/mol. The maximum atomic E-state index is 11.3. The van der Waals surface area contributed by atoms with Gasteiger partial charge in [0, 0.05) is 18.8 Å². The monoisotopic (exact) mass is 372 g/mol. The van der Waals surface area contributed by atoms with Crippen molar-refractivity contribution in [2.75, 3.05) is 18.8 Å². The van der Waals surface area contributed by atoms with Gasteiger partial charge in [-0.05, 0) is 6.42 Å². The van der Waals surface area contributed by atoms with Gasteiger partial charge in [0.05, 0.1) is 0 Å². The zero-order chi connectivity index (χ0) is 18.4. The first kappa shape index (κ1) is 24.6. The Bertz CT molecular complexity index is 275. The van der Waals surface area contributed by atoms with E-state index in [1.165, 1.54) is 96.3 Å². The van der Waals surface area contributed by atoms with Gasteiger partial charge in [-0.2, -0.15) is 12.6 Å². The number of nitrogens with one attached hydrogen (secondary N) is 2. The molecule has 150 valence electrons. The summed E-state index contributed by atoms with van der Waals surface area (Å²) >= 11 is 4.06. The Morgan fingerprint density at radius 1 is 0.600 bits per heavy atom. The minimum Gasteiger partial charge on any atom is -0.338 e. The number of rotatable bonds is 19. The summed E-state index contributed by atoms with van der Waals surface area (Å²) in [6.45, 7) is 3.70. The summed E-state index contributed by atoms with van der Waals surface area (Å²) in [6, 6.07) is -0.0602. The molecule has 0 aliphatic carbocycles. The Morgan fingerprint density at radius 3 is 1.36 bits per heavy atom. The van der Waals surface area contributed by atoms with Crippen molar-refractivity contribution in [2.45, 2.75) is 110 Å². The Labute approximate surface area is 162 Å². The van der Waals surface area contributed by atoms with Gasteiger partial charge in [-0.25, -0.2) is 4.79 Å². The van der Waals surface area contributed by atoms with Crippen LogP contribution in [0, 0.1) is 0 Å². The van der Waals surface area contributed by atoms with Crippen molar-refractivity contribution >= 4 is 18.7 Å². The number of hydrogen-bond donors (Lipinski definition) is 3.